The van der Waals surface area contributed by atoms with Crippen molar-refractivity contribution >= 4 is 27.3 Å². The molecule has 0 unspecified atom stereocenters. The molecule has 8 heteroatoms. The summed E-state index contributed by atoms with van der Waals surface area (Å²) in [6, 6.07) is 7.90. The zero-order chi connectivity index (χ0) is 17.7. The highest BCUT2D eigenvalue weighted by molar-refractivity contribution is 7.89. The smallest absolute Gasteiger partial charge is 0.251 e. The third-order valence-electron chi connectivity index (χ3n) is 3.11. The molecule has 6 nitrogen and oxygen atoms in total. The van der Waals surface area contributed by atoms with E-state index < -0.39 is 10.0 Å². The van der Waals surface area contributed by atoms with Gasteiger partial charge in [0.2, 0.25) is 10.0 Å². The summed E-state index contributed by atoms with van der Waals surface area (Å²) >= 11 is 1.54. The molecular weight excluding hydrogens is 348 g/mol. The number of sulfonamides is 1. The van der Waals surface area contributed by atoms with Crippen molar-refractivity contribution in [3.05, 3.63) is 46.2 Å². The van der Waals surface area contributed by atoms with E-state index in [2.05, 4.69) is 10.0 Å². The summed E-state index contributed by atoms with van der Waals surface area (Å²) in [6.45, 7) is 3.85. The zero-order valence-corrected chi connectivity index (χ0v) is 15.3. The Hall–Kier alpha value is -1.90. The highest BCUT2D eigenvalue weighted by atomic mass is 32.2. The number of hydrogen-bond acceptors (Lipinski definition) is 5. The van der Waals surface area contributed by atoms with Crippen molar-refractivity contribution in [3.63, 3.8) is 0 Å². The van der Waals surface area contributed by atoms with E-state index in [4.69, 9.17) is 4.74 Å². The Morgan fingerprint density at radius 3 is 2.62 bits per heavy atom. The van der Waals surface area contributed by atoms with Crippen LogP contribution in [0.3, 0.4) is 0 Å². The second-order valence-electron chi connectivity index (χ2n) is 5.40. The maximum Gasteiger partial charge on any atom is 0.251 e. The van der Waals surface area contributed by atoms with Gasteiger partial charge in [-0.25, -0.2) is 13.1 Å². The molecule has 2 N–H and O–H groups in total. The van der Waals surface area contributed by atoms with Gasteiger partial charge in [0.25, 0.3) is 5.91 Å². The first-order chi connectivity index (χ1) is 11.3. The number of rotatable bonds is 7. The molecule has 0 spiro atoms. The lowest BCUT2D eigenvalue weighted by molar-refractivity contribution is 0.0951. The molecule has 0 fully saturated rings. The van der Waals surface area contributed by atoms with Crippen LogP contribution in [-0.4, -0.2) is 27.5 Å². The van der Waals surface area contributed by atoms with E-state index in [9.17, 15) is 13.2 Å². The number of amides is 1. The molecule has 0 bridgehead atoms. The molecule has 1 amide bonds. The maximum atomic E-state index is 12.4. The van der Waals surface area contributed by atoms with Crippen LogP contribution in [0, 0.1) is 0 Å². The van der Waals surface area contributed by atoms with Crippen LogP contribution in [0.25, 0.3) is 0 Å². The number of benzene rings is 1. The Labute approximate surface area is 145 Å². The Kier molecular flexibility index (Phi) is 5.98. The van der Waals surface area contributed by atoms with Gasteiger partial charge in [0.15, 0.2) is 0 Å². The maximum absolute atomic E-state index is 12.4. The number of methoxy groups -OCH3 is 1. The van der Waals surface area contributed by atoms with Crippen molar-refractivity contribution in [1.29, 1.82) is 0 Å². The largest absolute Gasteiger partial charge is 0.495 e. The summed E-state index contributed by atoms with van der Waals surface area (Å²) in [5.41, 5.74) is 0.261. The first kappa shape index (κ1) is 18.4. The van der Waals surface area contributed by atoms with Crippen LogP contribution in [0.2, 0.25) is 0 Å². The molecule has 0 aliphatic rings. The fourth-order valence-corrected chi connectivity index (χ4v) is 4.17. The van der Waals surface area contributed by atoms with Gasteiger partial charge in [0.1, 0.15) is 10.6 Å². The lowest BCUT2D eigenvalue weighted by Crippen LogP contribution is -2.31. The van der Waals surface area contributed by atoms with Gasteiger partial charge in [0, 0.05) is 16.5 Å². The van der Waals surface area contributed by atoms with Crippen molar-refractivity contribution < 1.29 is 17.9 Å². The van der Waals surface area contributed by atoms with Crippen LogP contribution in [0.15, 0.2) is 40.6 Å². The standard InChI is InChI=1S/C16H20N2O4S2/c1-11(2)18-24(20,21)15-9-12(6-7-14(15)22-3)16(19)17-10-13-5-4-8-23-13/h4-9,11,18H,10H2,1-3H3,(H,17,19). The molecule has 24 heavy (non-hydrogen) atoms. The fourth-order valence-electron chi connectivity index (χ4n) is 2.08. The minimum absolute atomic E-state index is 0.0533. The number of ether oxygens (including phenoxy) is 1. The second-order valence-corrected chi connectivity index (χ2v) is 8.12. The average molecular weight is 368 g/mol. The minimum Gasteiger partial charge on any atom is -0.495 e. The Morgan fingerprint density at radius 2 is 2.04 bits per heavy atom. The average Bonchev–Trinajstić information content (AvgIpc) is 3.04. The number of carbonyl (C=O) groups excluding carboxylic acids is 1. The SMILES string of the molecule is COc1ccc(C(=O)NCc2cccs2)cc1S(=O)(=O)NC(C)C. The summed E-state index contributed by atoms with van der Waals surface area (Å²) in [6.07, 6.45) is 0. The van der Waals surface area contributed by atoms with Crippen LogP contribution in [-0.2, 0) is 16.6 Å². The number of thiophene rings is 1. The highest BCUT2D eigenvalue weighted by Crippen LogP contribution is 2.25. The van der Waals surface area contributed by atoms with E-state index in [-0.39, 0.29) is 28.2 Å². The first-order valence-corrected chi connectivity index (χ1v) is 9.70. The molecule has 0 aliphatic carbocycles. The van der Waals surface area contributed by atoms with Gasteiger partial charge in [-0.05, 0) is 43.5 Å². The molecule has 0 saturated heterocycles. The third-order valence-corrected chi connectivity index (χ3v) is 5.67. The van der Waals surface area contributed by atoms with Crippen LogP contribution in [0.5, 0.6) is 5.75 Å². The van der Waals surface area contributed by atoms with Gasteiger partial charge in [-0.3, -0.25) is 4.79 Å². The predicted molar refractivity (Wildman–Crippen MR) is 93.9 cm³/mol. The Bertz CT molecular complexity index is 799. The van der Waals surface area contributed by atoms with Crippen molar-refractivity contribution in [3.8, 4) is 5.75 Å². The molecule has 2 aromatic rings. The van der Waals surface area contributed by atoms with Crippen molar-refractivity contribution in [1.82, 2.24) is 10.0 Å². The molecule has 0 aliphatic heterocycles. The summed E-state index contributed by atoms with van der Waals surface area (Å²) in [5.74, 6) is -0.148. The van der Waals surface area contributed by atoms with E-state index in [1.54, 1.807) is 13.8 Å². The topological polar surface area (TPSA) is 84.5 Å². The molecule has 0 radical (unpaired) electrons. The van der Waals surface area contributed by atoms with E-state index >= 15 is 0 Å². The third kappa shape index (κ3) is 4.56. The van der Waals surface area contributed by atoms with E-state index in [1.807, 2.05) is 17.5 Å². The van der Waals surface area contributed by atoms with Gasteiger partial charge >= 0.3 is 0 Å². The highest BCUT2D eigenvalue weighted by Gasteiger charge is 2.22. The molecular formula is C16H20N2O4S2. The van der Waals surface area contributed by atoms with E-state index in [0.717, 1.165) is 4.88 Å². The lowest BCUT2D eigenvalue weighted by Gasteiger charge is -2.14. The monoisotopic (exact) mass is 368 g/mol. The quantitative estimate of drug-likeness (QED) is 0.786. The molecule has 2 rings (SSSR count). The van der Waals surface area contributed by atoms with Gasteiger partial charge in [-0.2, -0.15) is 0 Å². The number of carbonyl (C=O) groups is 1. The van der Waals surface area contributed by atoms with E-state index in [0.29, 0.717) is 6.54 Å². The summed E-state index contributed by atoms with van der Waals surface area (Å²) in [5, 5.41) is 4.70. The van der Waals surface area contributed by atoms with Gasteiger partial charge in [0.05, 0.1) is 13.7 Å². The number of nitrogens with one attached hydrogen (secondary N) is 2. The summed E-state index contributed by atoms with van der Waals surface area (Å²) in [7, 11) is -2.38. The first-order valence-electron chi connectivity index (χ1n) is 7.34. The molecule has 1 aromatic heterocycles. The van der Waals surface area contributed by atoms with Crippen LogP contribution < -0.4 is 14.8 Å². The summed E-state index contributed by atoms with van der Waals surface area (Å²) in [4.78, 5) is 13.2. The van der Waals surface area contributed by atoms with E-state index in [1.165, 1.54) is 36.6 Å². The van der Waals surface area contributed by atoms with Crippen molar-refractivity contribution in [2.45, 2.75) is 31.3 Å². The fraction of sp³-hybridized carbons (Fsp3) is 0.312. The van der Waals surface area contributed by atoms with Crippen LogP contribution in [0.4, 0.5) is 0 Å². The molecule has 1 aromatic carbocycles. The van der Waals surface area contributed by atoms with Gasteiger partial charge in [-0.15, -0.1) is 11.3 Å². The second kappa shape index (κ2) is 7.78. The summed E-state index contributed by atoms with van der Waals surface area (Å²) < 4.78 is 32.5. The lowest BCUT2D eigenvalue weighted by atomic mass is 10.2. The molecule has 1 heterocycles. The van der Waals surface area contributed by atoms with Gasteiger partial charge < -0.3 is 10.1 Å². The predicted octanol–water partition coefficient (Wildman–Crippen LogP) is 2.37. The minimum atomic E-state index is -3.77. The molecule has 0 saturated carbocycles. The van der Waals surface area contributed by atoms with Crippen molar-refractivity contribution in [2.75, 3.05) is 7.11 Å². The number of hydrogen-bond donors (Lipinski definition) is 2. The molecule has 130 valence electrons. The Morgan fingerprint density at radius 1 is 1.29 bits per heavy atom. The van der Waals surface area contributed by atoms with Crippen LogP contribution in [0.1, 0.15) is 29.1 Å². The zero-order valence-electron chi connectivity index (χ0n) is 13.7. The van der Waals surface area contributed by atoms with Gasteiger partial charge in [-0.1, -0.05) is 6.07 Å². The molecule has 0 atom stereocenters. The normalized spacial score (nSPS) is 11.5. The Balaban J connectivity index is 2.25. The van der Waals surface area contributed by atoms with Crippen LogP contribution >= 0.6 is 11.3 Å². The van der Waals surface area contributed by atoms with Crippen molar-refractivity contribution in [2.24, 2.45) is 0 Å².